The number of hydrogen-bond acceptors (Lipinski definition) is 1. The number of methoxy groups -OCH3 is 1. The predicted octanol–water partition coefficient (Wildman–Crippen LogP) is 3.86. The van der Waals surface area contributed by atoms with Gasteiger partial charge in [0.05, 0.1) is 7.11 Å². The molecule has 0 aliphatic carbocycles. The molecular weight excluding hydrogens is 276 g/mol. The molecule has 0 aromatic heterocycles. The molecule has 0 heterocycles. The maximum absolute atomic E-state index is 5.10. The molecule has 0 radical (unpaired) electrons. The maximum Gasteiger partial charge on any atom is 0.118 e. The van der Waals surface area contributed by atoms with Crippen LogP contribution in [-0.4, -0.2) is 7.11 Å². The molecule has 17 heavy (non-hydrogen) atoms. The van der Waals surface area contributed by atoms with Crippen molar-refractivity contribution in [2.45, 2.75) is 0 Å². The Morgan fingerprint density at radius 1 is 0.941 bits per heavy atom. The third-order valence-electron chi connectivity index (χ3n) is 2.31. The first-order chi connectivity index (χ1) is 8.29. The molecule has 2 aromatic rings. The summed E-state index contributed by atoms with van der Waals surface area (Å²) in [5, 5.41) is 0. The Morgan fingerprint density at radius 3 is 2.29 bits per heavy atom. The molecule has 0 saturated carbocycles. The Morgan fingerprint density at radius 2 is 1.65 bits per heavy atom. The lowest BCUT2D eigenvalue weighted by Gasteiger charge is -1.97. The molecule has 1 nitrogen and oxygen atoms in total. The van der Waals surface area contributed by atoms with Gasteiger partial charge in [-0.15, -0.1) is 0 Å². The Balaban J connectivity index is 2.24. The molecule has 2 rings (SSSR count). The summed E-state index contributed by atoms with van der Waals surface area (Å²) in [6.45, 7) is 0. The molecule has 0 bridgehead atoms. The van der Waals surface area contributed by atoms with Crippen LogP contribution in [0.5, 0.6) is 5.75 Å². The maximum atomic E-state index is 5.10. The average molecular weight is 287 g/mol. The summed E-state index contributed by atoms with van der Waals surface area (Å²) >= 11 is 3.47. The van der Waals surface area contributed by atoms with Gasteiger partial charge < -0.3 is 4.74 Å². The van der Waals surface area contributed by atoms with Crippen molar-refractivity contribution in [2.24, 2.45) is 0 Å². The largest absolute Gasteiger partial charge is 0.497 e. The zero-order valence-corrected chi connectivity index (χ0v) is 11.0. The van der Waals surface area contributed by atoms with Gasteiger partial charge in [-0.3, -0.25) is 0 Å². The molecule has 2 heteroatoms. The summed E-state index contributed by atoms with van der Waals surface area (Å²) in [4.78, 5) is 0. The van der Waals surface area contributed by atoms with Gasteiger partial charge in [-0.05, 0) is 52.3 Å². The topological polar surface area (TPSA) is 9.23 Å². The molecule has 0 amide bonds. The van der Waals surface area contributed by atoms with Gasteiger partial charge in [0.1, 0.15) is 5.75 Å². The van der Waals surface area contributed by atoms with Crippen LogP contribution in [0, 0.1) is 11.8 Å². The second-order valence-electron chi connectivity index (χ2n) is 3.46. The lowest BCUT2D eigenvalue weighted by Crippen LogP contribution is -1.82. The van der Waals surface area contributed by atoms with Gasteiger partial charge in [0.25, 0.3) is 0 Å². The standard InChI is InChI=1S/C15H11BrO/c1-17-14-10-7-12(8-11-14)6-9-13-4-2-3-5-15(13)16/h2-5,7-8,10-11H,1H3. The minimum Gasteiger partial charge on any atom is -0.497 e. The summed E-state index contributed by atoms with van der Waals surface area (Å²) in [5.41, 5.74) is 1.96. The SMILES string of the molecule is COc1ccc(C#Cc2ccccc2Br)cc1. The summed E-state index contributed by atoms with van der Waals surface area (Å²) in [7, 11) is 1.65. The zero-order chi connectivity index (χ0) is 12.1. The molecule has 0 unspecified atom stereocenters. The fourth-order valence-electron chi connectivity index (χ4n) is 1.38. The lowest BCUT2D eigenvalue weighted by molar-refractivity contribution is 0.415. The summed E-state index contributed by atoms with van der Waals surface area (Å²) in [6.07, 6.45) is 0. The van der Waals surface area contributed by atoms with Crippen LogP contribution in [-0.2, 0) is 0 Å². The molecule has 0 fully saturated rings. The van der Waals surface area contributed by atoms with Crippen molar-refractivity contribution in [3.8, 4) is 17.6 Å². The molecule has 0 aliphatic heterocycles. The number of rotatable bonds is 1. The van der Waals surface area contributed by atoms with Gasteiger partial charge in [-0.1, -0.05) is 24.0 Å². The third kappa shape index (κ3) is 3.12. The molecule has 0 aliphatic rings. The number of halogens is 1. The van der Waals surface area contributed by atoms with Crippen molar-refractivity contribution < 1.29 is 4.74 Å². The van der Waals surface area contributed by atoms with Crippen LogP contribution >= 0.6 is 15.9 Å². The highest BCUT2D eigenvalue weighted by Crippen LogP contribution is 2.15. The van der Waals surface area contributed by atoms with Crippen molar-refractivity contribution in [1.82, 2.24) is 0 Å². The van der Waals surface area contributed by atoms with E-state index in [4.69, 9.17) is 4.74 Å². The van der Waals surface area contributed by atoms with E-state index in [1.807, 2.05) is 48.5 Å². The summed E-state index contributed by atoms with van der Waals surface area (Å²) < 4.78 is 6.11. The predicted molar refractivity (Wildman–Crippen MR) is 73.1 cm³/mol. The van der Waals surface area contributed by atoms with Crippen LogP contribution in [0.15, 0.2) is 53.0 Å². The monoisotopic (exact) mass is 286 g/mol. The lowest BCUT2D eigenvalue weighted by atomic mass is 10.2. The van der Waals surface area contributed by atoms with Crippen molar-refractivity contribution in [1.29, 1.82) is 0 Å². The van der Waals surface area contributed by atoms with Crippen LogP contribution in [0.3, 0.4) is 0 Å². The van der Waals surface area contributed by atoms with Crippen LogP contribution < -0.4 is 4.74 Å². The van der Waals surface area contributed by atoms with Crippen LogP contribution in [0.2, 0.25) is 0 Å². The fourth-order valence-corrected chi connectivity index (χ4v) is 1.76. The fraction of sp³-hybridized carbons (Fsp3) is 0.0667. The third-order valence-corrected chi connectivity index (χ3v) is 3.00. The Hall–Kier alpha value is -1.72. The van der Waals surface area contributed by atoms with E-state index in [1.54, 1.807) is 7.11 Å². The summed E-state index contributed by atoms with van der Waals surface area (Å²) in [6, 6.07) is 15.6. The Labute approximate surface area is 110 Å². The molecule has 0 saturated heterocycles. The van der Waals surface area contributed by atoms with Crippen molar-refractivity contribution >= 4 is 15.9 Å². The molecule has 0 atom stereocenters. The van der Waals surface area contributed by atoms with E-state index in [0.717, 1.165) is 21.3 Å². The van der Waals surface area contributed by atoms with Gasteiger partial charge in [0.2, 0.25) is 0 Å². The van der Waals surface area contributed by atoms with Gasteiger partial charge in [-0.25, -0.2) is 0 Å². The van der Waals surface area contributed by atoms with Crippen LogP contribution in [0.4, 0.5) is 0 Å². The van der Waals surface area contributed by atoms with Crippen molar-refractivity contribution in [3.05, 3.63) is 64.1 Å². The average Bonchev–Trinajstić information content (AvgIpc) is 2.38. The van der Waals surface area contributed by atoms with E-state index in [-0.39, 0.29) is 0 Å². The summed E-state index contributed by atoms with van der Waals surface area (Å²) in [5.74, 6) is 7.09. The molecule has 0 N–H and O–H groups in total. The first-order valence-electron chi connectivity index (χ1n) is 5.20. The molecule has 84 valence electrons. The number of hydrogen-bond donors (Lipinski definition) is 0. The van der Waals surface area contributed by atoms with E-state index in [2.05, 4.69) is 27.8 Å². The van der Waals surface area contributed by atoms with E-state index in [1.165, 1.54) is 0 Å². The van der Waals surface area contributed by atoms with Crippen molar-refractivity contribution in [2.75, 3.05) is 7.11 Å². The van der Waals surface area contributed by atoms with E-state index >= 15 is 0 Å². The highest BCUT2D eigenvalue weighted by atomic mass is 79.9. The highest BCUT2D eigenvalue weighted by Gasteiger charge is 1.93. The first kappa shape index (κ1) is 11.8. The van der Waals surface area contributed by atoms with Crippen molar-refractivity contribution in [3.63, 3.8) is 0 Å². The number of ether oxygens (including phenoxy) is 1. The Bertz CT molecular complexity index is 561. The Kier molecular flexibility index (Phi) is 3.85. The smallest absolute Gasteiger partial charge is 0.118 e. The van der Waals surface area contributed by atoms with E-state index in [9.17, 15) is 0 Å². The van der Waals surface area contributed by atoms with Gasteiger partial charge in [-0.2, -0.15) is 0 Å². The van der Waals surface area contributed by atoms with Gasteiger partial charge in [0.15, 0.2) is 0 Å². The minimum absolute atomic E-state index is 0.844. The second kappa shape index (κ2) is 5.56. The van der Waals surface area contributed by atoms with E-state index in [0.29, 0.717) is 0 Å². The molecule has 0 spiro atoms. The zero-order valence-electron chi connectivity index (χ0n) is 9.41. The second-order valence-corrected chi connectivity index (χ2v) is 4.31. The quantitative estimate of drug-likeness (QED) is 0.724. The first-order valence-corrected chi connectivity index (χ1v) is 5.99. The van der Waals surface area contributed by atoms with Crippen LogP contribution in [0.1, 0.15) is 11.1 Å². The highest BCUT2D eigenvalue weighted by molar-refractivity contribution is 9.10. The minimum atomic E-state index is 0.844. The van der Waals surface area contributed by atoms with Crippen LogP contribution in [0.25, 0.3) is 0 Å². The van der Waals surface area contributed by atoms with Gasteiger partial charge >= 0.3 is 0 Å². The van der Waals surface area contributed by atoms with Gasteiger partial charge in [0, 0.05) is 15.6 Å². The molecule has 2 aromatic carbocycles. The molecular formula is C15H11BrO. The number of benzene rings is 2. The van der Waals surface area contributed by atoms with E-state index < -0.39 is 0 Å². The normalized spacial score (nSPS) is 9.29.